The van der Waals surface area contributed by atoms with Crippen LogP contribution >= 0.6 is 0 Å². The second kappa shape index (κ2) is 9.67. The first-order valence-corrected chi connectivity index (χ1v) is 10.7. The largest absolute Gasteiger partial charge is 0.452 e. The first-order chi connectivity index (χ1) is 13.6. The lowest BCUT2D eigenvalue weighted by Gasteiger charge is -2.16. The van der Waals surface area contributed by atoms with Crippen molar-refractivity contribution in [2.24, 2.45) is 0 Å². The molecule has 2 aromatic carbocycles. The van der Waals surface area contributed by atoms with Crippen LogP contribution in [0.3, 0.4) is 0 Å². The fourth-order valence-corrected chi connectivity index (χ4v) is 3.67. The number of rotatable bonds is 8. The van der Waals surface area contributed by atoms with E-state index in [2.05, 4.69) is 10.0 Å². The number of ether oxygens (including phenoxy) is 1. The number of amides is 1. The highest BCUT2D eigenvalue weighted by Gasteiger charge is 2.20. The summed E-state index contributed by atoms with van der Waals surface area (Å²) in [6.45, 7) is 6.95. The molecule has 0 heterocycles. The zero-order valence-electron chi connectivity index (χ0n) is 17.0. The van der Waals surface area contributed by atoms with E-state index < -0.39 is 28.0 Å². The topological polar surface area (TPSA) is 102 Å². The molecular formula is C21H26N2O5S. The third-order valence-corrected chi connectivity index (χ3v) is 5.84. The lowest BCUT2D eigenvalue weighted by Crippen LogP contribution is -2.32. The zero-order chi connectivity index (χ0) is 21.6. The van der Waals surface area contributed by atoms with E-state index in [4.69, 9.17) is 4.74 Å². The van der Waals surface area contributed by atoms with Crippen molar-refractivity contribution in [3.63, 3.8) is 0 Å². The first kappa shape index (κ1) is 22.6. The van der Waals surface area contributed by atoms with Crippen LogP contribution in [0.2, 0.25) is 0 Å². The third kappa shape index (κ3) is 6.40. The van der Waals surface area contributed by atoms with E-state index in [-0.39, 0.29) is 17.9 Å². The van der Waals surface area contributed by atoms with Crippen LogP contribution in [0.25, 0.3) is 0 Å². The molecule has 0 unspecified atom stereocenters. The summed E-state index contributed by atoms with van der Waals surface area (Å²) in [6, 6.07) is 12.0. The van der Waals surface area contributed by atoms with Crippen LogP contribution in [0.5, 0.6) is 0 Å². The average Bonchev–Trinajstić information content (AvgIpc) is 2.64. The molecule has 29 heavy (non-hydrogen) atoms. The van der Waals surface area contributed by atoms with E-state index in [1.54, 1.807) is 12.1 Å². The van der Waals surface area contributed by atoms with Crippen LogP contribution in [-0.4, -0.2) is 32.9 Å². The van der Waals surface area contributed by atoms with E-state index in [1.807, 2.05) is 39.0 Å². The van der Waals surface area contributed by atoms with Crippen molar-refractivity contribution >= 4 is 27.6 Å². The van der Waals surface area contributed by atoms with Gasteiger partial charge in [0.25, 0.3) is 5.91 Å². The van der Waals surface area contributed by atoms with Crippen molar-refractivity contribution in [2.45, 2.75) is 45.1 Å². The number of hydrogen-bond donors (Lipinski definition) is 2. The molecule has 0 saturated carbocycles. The quantitative estimate of drug-likeness (QED) is 0.642. The summed E-state index contributed by atoms with van der Waals surface area (Å²) >= 11 is 0. The normalized spacial score (nSPS) is 12.3. The van der Waals surface area contributed by atoms with Crippen LogP contribution in [0, 0.1) is 20.8 Å². The van der Waals surface area contributed by atoms with E-state index >= 15 is 0 Å². The molecule has 0 aliphatic rings. The number of sulfonamides is 1. The Kier molecular flexibility index (Phi) is 7.53. The number of aryl methyl sites for hydroxylation is 3. The van der Waals surface area contributed by atoms with E-state index in [1.165, 1.54) is 19.1 Å². The number of esters is 1. The monoisotopic (exact) mass is 418 g/mol. The molecule has 8 heteroatoms. The molecule has 156 valence electrons. The summed E-state index contributed by atoms with van der Waals surface area (Å²) in [5.74, 6) is -1.11. The van der Waals surface area contributed by atoms with Gasteiger partial charge in [0.1, 0.15) is 0 Å². The van der Waals surface area contributed by atoms with Gasteiger partial charge in [-0.25, -0.2) is 13.1 Å². The minimum Gasteiger partial charge on any atom is -0.452 e. The Hall–Kier alpha value is -2.71. The number of para-hydroxylation sites is 1. The molecule has 0 aliphatic heterocycles. The molecule has 2 aromatic rings. The van der Waals surface area contributed by atoms with Crippen LogP contribution in [0.1, 0.15) is 30.0 Å². The number of hydrogen-bond acceptors (Lipinski definition) is 5. The molecule has 1 amide bonds. The Bertz CT molecular complexity index is 964. The Morgan fingerprint density at radius 1 is 1.00 bits per heavy atom. The second-order valence-corrected chi connectivity index (χ2v) is 8.62. The van der Waals surface area contributed by atoms with Gasteiger partial charge >= 0.3 is 5.97 Å². The van der Waals surface area contributed by atoms with Gasteiger partial charge in [-0.2, -0.15) is 0 Å². The molecule has 0 fully saturated rings. The maximum absolute atomic E-state index is 12.3. The predicted octanol–water partition coefficient (Wildman–Crippen LogP) is 2.85. The number of nitrogens with one attached hydrogen (secondary N) is 2. The van der Waals surface area contributed by atoms with Gasteiger partial charge in [-0.1, -0.05) is 35.9 Å². The third-order valence-electron chi connectivity index (χ3n) is 4.36. The fraction of sp³-hybridized carbons (Fsp3) is 0.333. The Balaban J connectivity index is 1.84. The summed E-state index contributed by atoms with van der Waals surface area (Å²) < 4.78 is 31.9. The highest BCUT2D eigenvalue weighted by atomic mass is 32.2. The molecule has 7 nitrogen and oxygen atoms in total. The van der Waals surface area contributed by atoms with Crippen molar-refractivity contribution in [3.8, 4) is 0 Å². The van der Waals surface area contributed by atoms with Crippen LogP contribution in [-0.2, 0) is 24.3 Å². The van der Waals surface area contributed by atoms with Crippen molar-refractivity contribution in [1.82, 2.24) is 4.72 Å². The molecule has 0 radical (unpaired) electrons. The molecule has 0 bridgehead atoms. The Morgan fingerprint density at radius 2 is 1.59 bits per heavy atom. The lowest BCUT2D eigenvalue weighted by atomic mass is 10.1. The van der Waals surface area contributed by atoms with Gasteiger partial charge in [-0.15, -0.1) is 0 Å². The number of anilines is 1. The molecule has 2 N–H and O–H groups in total. The minimum atomic E-state index is -3.70. The summed E-state index contributed by atoms with van der Waals surface area (Å²) in [5, 5.41) is 2.76. The average molecular weight is 419 g/mol. The van der Waals surface area contributed by atoms with Gasteiger partial charge in [0, 0.05) is 12.2 Å². The fourth-order valence-electron chi connectivity index (χ4n) is 2.63. The molecule has 0 saturated heterocycles. The maximum Gasteiger partial charge on any atom is 0.307 e. The maximum atomic E-state index is 12.3. The van der Waals surface area contributed by atoms with Crippen LogP contribution in [0.4, 0.5) is 5.69 Å². The number of carbonyl (C=O) groups is 2. The van der Waals surface area contributed by atoms with Gasteiger partial charge in [0.2, 0.25) is 10.0 Å². The number of carbonyl (C=O) groups excluding carboxylic acids is 2. The Morgan fingerprint density at radius 3 is 2.17 bits per heavy atom. The van der Waals surface area contributed by atoms with E-state index in [0.29, 0.717) is 5.69 Å². The second-order valence-electron chi connectivity index (χ2n) is 6.85. The van der Waals surface area contributed by atoms with Gasteiger partial charge in [-0.05, 0) is 51.0 Å². The summed E-state index contributed by atoms with van der Waals surface area (Å²) in [4.78, 5) is 24.4. The highest BCUT2D eigenvalue weighted by molar-refractivity contribution is 7.89. The molecule has 0 aromatic heterocycles. The number of benzene rings is 2. The van der Waals surface area contributed by atoms with Gasteiger partial charge in [-0.3, -0.25) is 9.59 Å². The predicted molar refractivity (Wildman–Crippen MR) is 111 cm³/mol. The van der Waals surface area contributed by atoms with E-state index in [0.717, 1.165) is 16.7 Å². The van der Waals surface area contributed by atoms with Crippen molar-refractivity contribution < 1.29 is 22.7 Å². The van der Waals surface area contributed by atoms with Crippen LogP contribution in [0.15, 0.2) is 47.4 Å². The van der Waals surface area contributed by atoms with E-state index in [9.17, 15) is 18.0 Å². The summed E-state index contributed by atoms with van der Waals surface area (Å²) in [5.41, 5.74) is 3.44. The van der Waals surface area contributed by atoms with Gasteiger partial charge in [0.15, 0.2) is 6.10 Å². The molecule has 1 atom stereocenters. The summed E-state index contributed by atoms with van der Waals surface area (Å²) in [7, 11) is -3.70. The SMILES string of the molecule is Cc1ccc(S(=O)(=O)NCCC(=O)O[C@H](C)C(=O)Nc2c(C)cccc2C)cc1. The van der Waals surface area contributed by atoms with Crippen molar-refractivity contribution in [3.05, 3.63) is 59.2 Å². The molecule has 2 rings (SSSR count). The van der Waals surface area contributed by atoms with Crippen molar-refractivity contribution in [2.75, 3.05) is 11.9 Å². The first-order valence-electron chi connectivity index (χ1n) is 9.23. The lowest BCUT2D eigenvalue weighted by molar-refractivity contribution is -0.152. The highest BCUT2D eigenvalue weighted by Crippen LogP contribution is 2.19. The zero-order valence-corrected chi connectivity index (χ0v) is 17.8. The summed E-state index contributed by atoms with van der Waals surface area (Å²) in [6.07, 6.45) is -1.19. The molecular weight excluding hydrogens is 392 g/mol. The molecule has 0 spiro atoms. The minimum absolute atomic E-state index is 0.123. The smallest absolute Gasteiger partial charge is 0.307 e. The Labute approximate surface area is 171 Å². The van der Waals surface area contributed by atoms with Gasteiger partial charge in [0.05, 0.1) is 11.3 Å². The van der Waals surface area contributed by atoms with Crippen LogP contribution < -0.4 is 10.0 Å². The van der Waals surface area contributed by atoms with Gasteiger partial charge < -0.3 is 10.1 Å². The standard InChI is InChI=1S/C21H26N2O5S/c1-14-8-10-18(11-9-14)29(26,27)22-13-12-19(24)28-17(4)21(25)23-20-15(2)6-5-7-16(20)3/h5-11,17,22H,12-13H2,1-4H3,(H,23,25)/t17-/m1/s1. The van der Waals surface area contributed by atoms with Crippen molar-refractivity contribution in [1.29, 1.82) is 0 Å². The molecule has 0 aliphatic carbocycles.